The summed E-state index contributed by atoms with van der Waals surface area (Å²) in [5, 5.41) is 2.84. The molecule has 1 unspecified atom stereocenters. The third-order valence-electron chi connectivity index (χ3n) is 6.69. The molecule has 0 fully saturated rings. The van der Waals surface area contributed by atoms with Crippen molar-refractivity contribution >= 4 is 27.5 Å². The molecule has 41 heavy (non-hydrogen) atoms. The molecule has 3 aromatic rings. The van der Waals surface area contributed by atoms with Crippen molar-refractivity contribution in [2.24, 2.45) is 0 Å². The number of sulfonamides is 1. The monoisotopic (exact) mass is 583 g/mol. The minimum Gasteiger partial charge on any atom is -0.495 e. The number of hydrogen-bond acceptors (Lipinski definition) is 5. The van der Waals surface area contributed by atoms with E-state index in [1.807, 2.05) is 20.8 Å². The molecule has 2 amide bonds. The maximum atomic E-state index is 14.1. The van der Waals surface area contributed by atoms with Crippen molar-refractivity contribution in [2.45, 2.75) is 58.0 Å². The lowest BCUT2D eigenvalue weighted by Gasteiger charge is -2.33. The molecule has 3 aromatic carbocycles. The molecule has 1 N–H and O–H groups in total. The normalized spacial score (nSPS) is 12.0. The van der Waals surface area contributed by atoms with Gasteiger partial charge in [0.25, 0.3) is 10.0 Å². The summed E-state index contributed by atoms with van der Waals surface area (Å²) in [7, 11) is -2.81. The first-order valence-corrected chi connectivity index (χ1v) is 15.0. The molecule has 0 aliphatic carbocycles. The van der Waals surface area contributed by atoms with Crippen molar-refractivity contribution in [3.63, 3.8) is 0 Å². The summed E-state index contributed by atoms with van der Waals surface area (Å²) in [6.45, 7) is 7.20. The first-order chi connectivity index (χ1) is 19.5. The van der Waals surface area contributed by atoms with E-state index in [2.05, 4.69) is 5.32 Å². The zero-order chi connectivity index (χ0) is 30.2. The number of halogens is 1. The fourth-order valence-electron chi connectivity index (χ4n) is 4.42. The summed E-state index contributed by atoms with van der Waals surface area (Å²) in [6.07, 6.45) is 1.00. The van der Waals surface area contributed by atoms with Gasteiger partial charge in [-0.15, -0.1) is 0 Å². The third kappa shape index (κ3) is 7.85. The van der Waals surface area contributed by atoms with Crippen LogP contribution in [-0.4, -0.2) is 51.4 Å². The van der Waals surface area contributed by atoms with Crippen molar-refractivity contribution < 1.29 is 27.1 Å². The average Bonchev–Trinajstić information content (AvgIpc) is 2.95. The first-order valence-electron chi connectivity index (χ1n) is 13.6. The standard InChI is InChI=1S/C31H38FN3O5S/c1-6-18-33-31(37)27(7-2)34(20-24-11-13-25(32)14-12-24)30(36)21-35(28-19-23(4)10-17-29(28)40-5)41(38,39)26-15-8-22(3)9-16-26/h8-17,19,27H,6-7,18,20-21H2,1-5H3,(H,33,37). The van der Waals surface area contributed by atoms with Gasteiger partial charge in [0.2, 0.25) is 11.8 Å². The van der Waals surface area contributed by atoms with Gasteiger partial charge in [0.15, 0.2) is 0 Å². The number of carbonyl (C=O) groups excluding carboxylic acids is 2. The topological polar surface area (TPSA) is 96.0 Å². The molecule has 0 spiro atoms. The summed E-state index contributed by atoms with van der Waals surface area (Å²) >= 11 is 0. The third-order valence-corrected chi connectivity index (χ3v) is 8.47. The zero-order valence-corrected chi connectivity index (χ0v) is 25.0. The number of carbonyl (C=O) groups is 2. The van der Waals surface area contributed by atoms with Crippen molar-refractivity contribution in [1.29, 1.82) is 0 Å². The Morgan fingerprint density at radius 2 is 1.59 bits per heavy atom. The number of hydrogen-bond donors (Lipinski definition) is 1. The highest BCUT2D eigenvalue weighted by Gasteiger charge is 2.34. The van der Waals surface area contributed by atoms with Crippen LogP contribution in [-0.2, 0) is 26.2 Å². The molecule has 0 saturated carbocycles. The molecular weight excluding hydrogens is 545 g/mol. The van der Waals surface area contributed by atoms with Crippen LogP contribution in [0.2, 0.25) is 0 Å². The number of amides is 2. The maximum absolute atomic E-state index is 14.1. The molecule has 0 heterocycles. The lowest BCUT2D eigenvalue weighted by atomic mass is 10.1. The summed E-state index contributed by atoms with van der Waals surface area (Å²) in [5.74, 6) is -1.09. The fraction of sp³-hybridized carbons (Fsp3) is 0.355. The SMILES string of the molecule is CCCNC(=O)C(CC)N(Cc1ccc(F)cc1)C(=O)CN(c1cc(C)ccc1OC)S(=O)(=O)c1ccc(C)cc1. The molecule has 3 rings (SSSR count). The van der Waals surface area contributed by atoms with Crippen molar-refractivity contribution in [3.05, 3.63) is 89.2 Å². The van der Waals surface area contributed by atoms with Gasteiger partial charge >= 0.3 is 0 Å². The molecular formula is C31H38FN3O5S. The predicted molar refractivity (Wildman–Crippen MR) is 158 cm³/mol. The van der Waals surface area contributed by atoms with Gasteiger partial charge in [-0.3, -0.25) is 13.9 Å². The smallest absolute Gasteiger partial charge is 0.264 e. The van der Waals surface area contributed by atoms with Crippen LogP contribution in [0.4, 0.5) is 10.1 Å². The first kappa shape index (κ1) is 31.6. The summed E-state index contributed by atoms with van der Waals surface area (Å²) in [6, 6.07) is 16.2. The van der Waals surface area contributed by atoms with E-state index in [1.165, 1.54) is 48.4 Å². The zero-order valence-electron chi connectivity index (χ0n) is 24.2. The number of benzene rings is 3. The van der Waals surface area contributed by atoms with Gasteiger partial charge in [-0.25, -0.2) is 12.8 Å². The second-order valence-corrected chi connectivity index (χ2v) is 11.7. The number of nitrogens with zero attached hydrogens (tertiary/aromatic N) is 2. The van der Waals surface area contributed by atoms with Crippen LogP contribution in [0.15, 0.2) is 71.6 Å². The summed E-state index contributed by atoms with van der Waals surface area (Å²) < 4.78 is 48.3. The van der Waals surface area contributed by atoms with Gasteiger partial charge < -0.3 is 15.0 Å². The molecule has 0 radical (unpaired) electrons. The summed E-state index contributed by atoms with van der Waals surface area (Å²) in [4.78, 5) is 28.6. The van der Waals surface area contributed by atoms with E-state index in [0.29, 0.717) is 24.9 Å². The predicted octanol–water partition coefficient (Wildman–Crippen LogP) is 4.98. The van der Waals surface area contributed by atoms with Crippen LogP contribution < -0.4 is 14.4 Å². The minimum atomic E-state index is -4.24. The number of aryl methyl sites for hydroxylation is 2. The highest BCUT2D eigenvalue weighted by molar-refractivity contribution is 7.92. The van der Waals surface area contributed by atoms with Gasteiger partial charge in [-0.2, -0.15) is 0 Å². The van der Waals surface area contributed by atoms with Crippen LogP contribution >= 0.6 is 0 Å². The second kappa shape index (κ2) is 14.1. The molecule has 10 heteroatoms. The minimum absolute atomic E-state index is 0.0114. The highest BCUT2D eigenvalue weighted by atomic mass is 32.2. The highest BCUT2D eigenvalue weighted by Crippen LogP contribution is 2.34. The largest absolute Gasteiger partial charge is 0.495 e. The molecule has 0 saturated heterocycles. The lowest BCUT2D eigenvalue weighted by Crippen LogP contribution is -2.52. The van der Waals surface area contributed by atoms with E-state index >= 15 is 0 Å². The number of anilines is 1. The molecule has 1 atom stereocenters. The molecule has 0 aliphatic heterocycles. The Balaban J connectivity index is 2.11. The Bertz CT molecular complexity index is 1440. The van der Waals surface area contributed by atoms with Gasteiger partial charge in [0.05, 0.1) is 17.7 Å². The van der Waals surface area contributed by atoms with E-state index in [-0.39, 0.29) is 28.8 Å². The van der Waals surface area contributed by atoms with Crippen molar-refractivity contribution in [2.75, 3.05) is 24.5 Å². The quantitative estimate of drug-likeness (QED) is 0.306. The van der Waals surface area contributed by atoms with Gasteiger partial charge in [-0.05, 0) is 74.2 Å². The number of ether oxygens (including phenoxy) is 1. The van der Waals surface area contributed by atoms with Crippen LogP contribution in [0.25, 0.3) is 0 Å². The van der Waals surface area contributed by atoms with Gasteiger partial charge in [-0.1, -0.05) is 49.7 Å². The maximum Gasteiger partial charge on any atom is 0.264 e. The van der Waals surface area contributed by atoms with Gasteiger partial charge in [0.1, 0.15) is 24.2 Å². The molecule has 0 aliphatic rings. The second-order valence-electron chi connectivity index (χ2n) is 9.86. The molecule has 0 aromatic heterocycles. The Kier molecular flexibility index (Phi) is 10.9. The van der Waals surface area contributed by atoms with Crippen molar-refractivity contribution in [1.82, 2.24) is 10.2 Å². The Labute approximate surface area is 242 Å². The van der Waals surface area contributed by atoms with E-state index in [0.717, 1.165) is 15.4 Å². The number of rotatable bonds is 13. The number of nitrogens with one attached hydrogen (secondary N) is 1. The van der Waals surface area contributed by atoms with Crippen molar-refractivity contribution in [3.8, 4) is 5.75 Å². The lowest BCUT2D eigenvalue weighted by molar-refractivity contribution is -0.140. The summed E-state index contributed by atoms with van der Waals surface area (Å²) in [5.41, 5.74) is 2.45. The van der Waals surface area contributed by atoms with E-state index in [1.54, 1.807) is 37.3 Å². The average molecular weight is 584 g/mol. The Hall–Kier alpha value is -3.92. The Morgan fingerprint density at radius 3 is 2.17 bits per heavy atom. The van der Waals surface area contributed by atoms with Crippen LogP contribution in [0.5, 0.6) is 5.75 Å². The van der Waals surface area contributed by atoms with E-state index in [9.17, 15) is 22.4 Å². The van der Waals surface area contributed by atoms with E-state index < -0.39 is 34.3 Å². The van der Waals surface area contributed by atoms with Crippen LogP contribution in [0, 0.1) is 19.7 Å². The molecule has 0 bridgehead atoms. The number of methoxy groups -OCH3 is 1. The van der Waals surface area contributed by atoms with Crippen LogP contribution in [0.1, 0.15) is 43.4 Å². The van der Waals surface area contributed by atoms with E-state index in [4.69, 9.17) is 4.74 Å². The van der Waals surface area contributed by atoms with Crippen LogP contribution in [0.3, 0.4) is 0 Å². The Morgan fingerprint density at radius 1 is 0.951 bits per heavy atom. The van der Waals surface area contributed by atoms with Gasteiger partial charge in [0, 0.05) is 13.1 Å². The molecule has 8 nitrogen and oxygen atoms in total. The fourth-order valence-corrected chi connectivity index (χ4v) is 5.83. The molecule has 220 valence electrons.